The van der Waals surface area contributed by atoms with Crippen LogP contribution >= 0.6 is 0 Å². The smallest absolute Gasteiger partial charge is 0.266 e. The molecule has 1 aromatic carbocycles. The van der Waals surface area contributed by atoms with Crippen LogP contribution in [0.15, 0.2) is 18.2 Å². The van der Waals surface area contributed by atoms with Gasteiger partial charge in [0.1, 0.15) is 5.82 Å². The Bertz CT molecular complexity index is 879. The number of nitrogens with one attached hydrogen (secondary N) is 1. The fourth-order valence-electron chi connectivity index (χ4n) is 4.24. The fourth-order valence-corrected chi connectivity index (χ4v) is 6.34. The van der Waals surface area contributed by atoms with Gasteiger partial charge in [0.2, 0.25) is 10.0 Å². The summed E-state index contributed by atoms with van der Waals surface area (Å²) in [6, 6.07) is 5.24. The van der Waals surface area contributed by atoms with Crippen LogP contribution in [-0.2, 0) is 26.0 Å². The van der Waals surface area contributed by atoms with Crippen molar-refractivity contribution >= 4 is 21.6 Å². The molecule has 1 amide bonds. The number of hydrogen-bond donors (Lipinski definition) is 2. The number of hydroxylamine groups is 1. The van der Waals surface area contributed by atoms with Gasteiger partial charge in [-0.15, -0.1) is 0 Å². The second-order valence-electron chi connectivity index (χ2n) is 8.66. The van der Waals surface area contributed by atoms with Crippen molar-refractivity contribution in [2.24, 2.45) is 5.92 Å². The minimum Gasteiger partial charge on any atom is -0.381 e. The zero-order valence-electron chi connectivity index (χ0n) is 18.1. The van der Waals surface area contributed by atoms with Gasteiger partial charge >= 0.3 is 0 Å². The molecule has 0 atom stereocenters. The summed E-state index contributed by atoms with van der Waals surface area (Å²) < 4.78 is 46.2. The summed E-state index contributed by atoms with van der Waals surface area (Å²) in [7, 11) is -4.04. The van der Waals surface area contributed by atoms with E-state index in [0.29, 0.717) is 24.7 Å². The highest BCUT2D eigenvalue weighted by Crippen LogP contribution is 2.34. The summed E-state index contributed by atoms with van der Waals surface area (Å²) in [5.41, 5.74) is 2.93. The number of sulfonamides is 1. The van der Waals surface area contributed by atoms with E-state index in [9.17, 15) is 17.6 Å². The van der Waals surface area contributed by atoms with E-state index in [2.05, 4.69) is 13.8 Å². The summed E-state index contributed by atoms with van der Waals surface area (Å²) in [5, 5.41) is 9.15. The molecule has 0 aromatic heterocycles. The van der Waals surface area contributed by atoms with Crippen LogP contribution in [0.2, 0.25) is 0 Å². The van der Waals surface area contributed by atoms with Crippen LogP contribution in [0, 0.1) is 11.7 Å². The molecule has 0 saturated carbocycles. The normalized spacial score (nSPS) is 20.1. The van der Waals surface area contributed by atoms with Crippen molar-refractivity contribution in [1.82, 2.24) is 9.79 Å². The number of amides is 1. The average Bonchev–Trinajstić information content (AvgIpc) is 2.77. The van der Waals surface area contributed by atoms with Crippen molar-refractivity contribution in [2.75, 3.05) is 44.3 Å². The molecule has 0 bridgehead atoms. The van der Waals surface area contributed by atoms with Gasteiger partial charge in [0.15, 0.2) is 4.75 Å². The number of nitrogens with zero attached hydrogens (tertiary/aromatic N) is 2. The number of piperazine rings is 1. The van der Waals surface area contributed by atoms with Crippen molar-refractivity contribution in [3.05, 3.63) is 29.6 Å². The van der Waals surface area contributed by atoms with Gasteiger partial charge in [-0.3, -0.25) is 10.0 Å². The maximum Gasteiger partial charge on any atom is 0.266 e. The lowest BCUT2D eigenvalue weighted by atomic mass is 9.98. The number of halogens is 1. The predicted molar refractivity (Wildman–Crippen MR) is 115 cm³/mol. The highest BCUT2D eigenvalue weighted by atomic mass is 32.2. The van der Waals surface area contributed by atoms with Gasteiger partial charge in [-0.2, -0.15) is 4.31 Å². The molecule has 2 fully saturated rings. The Morgan fingerprint density at radius 3 is 2.42 bits per heavy atom. The van der Waals surface area contributed by atoms with Crippen molar-refractivity contribution in [1.29, 1.82) is 0 Å². The van der Waals surface area contributed by atoms with Crippen LogP contribution in [-0.4, -0.2) is 68.0 Å². The van der Waals surface area contributed by atoms with Gasteiger partial charge in [-0.25, -0.2) is 18.3 Å². The summed E-state index contributed by atoms with van der Waals surface area (Å²) >= 11 is 0. The molecule has 8 nitrogen and oxygen atoms in total. The van der Waals surface area contributed by atoms with Crippen LogP contribution in [0.1, 0.15) is 38.7 Å². The third kappa shape index (κ3) is 4.87. The Morgan fingerprint density at radius 1 is 1.23 bits per heavy atom. The van der Waals surface area contributed by atoms with Crippen molar-refractivity contribution in [3.8, 4) is 0 Å². The van der Waals surface area contributed by atoms with Gasteiger partial charge in [-0.05, 0) is 36.5 Å². The highest BCUT2D eigenvalue weighted by Gasteiger charge is 2.54. The molecule has 3 rings (SSSR count). The lowest BCUT2D eigenvalue weighted by molar-refractivity contribution is -0.134. The molecule has 0 radical (unpaired) electrons. The first-order valence-electron chi connectivity index (χ1n) is 10.8. The maximum absolute atomic E-state index is 14.7. The zero-order valence-corrected chi connectivity index (χ0v) is 19.0. The Morgan fingerprint density at radius 2 is 1.87 bits per heavy atom. The summed E-state index contributed by atoms with van der Waals surface area (Å²) in [6.07, 6.45) is 1.77. The van der Waals surface area contributed by atoms with Gasteiger partial charge in [-0.1, -0.05) is 19.9 Å². The molecule has 31 heavy (non-hydrogen) atoms. The number of hydrogen-bond acceptors (Lipinski definition) is 6. The van der Waals surface area contributed by atoms with Crippen molar-refractivity contribution in [3.63, 3.8) is 0 Å². The topological polar surface area (TPSA) is 99.2 Å². The Hall–Kier alpha value is -1.75. The average molecular weight is 458 g/mol. The van der Waals surface area contributed by atoms with E-state index in [1.54, 1.807) is 12.1 Å². The van der Waals surface area contributed by atoms with E-state index in [-0.39, 0.29) is 45.0 Å². The molecule has 1 aromatic rings. The number of carbonyl (C=O) groups is 1. The third-order valence-electron chi connectivity index (χ3n) is 6.25. The first kappa shape index (κ1) is 23.9. The van der Waals surface area contributed by atoms with Crippen LogP contribution in [0.5, 0.6) is 0 Å². The molecule has 2 aliphatic rings. The van der Waals surface area contributed by atoms with Crippen LogP contribution in [0.4, 0.5) is 10.1 Å². The fraction of sp³-hybridized carbons (Fsp3) is 0.667. The summed E-state index contributed by atoms with van der Waals surface area (Å²) in [6.45, 7) is 5.42. The maximum atomic E-state index is 14.7. The molecule has 2 N–H and O–H groups in total. The van der Waals surface area contributed by atoms with Gasteiger partial charge < -0.3 is 9.64 Å². The van der Waals surface area contributed by atoms with Gasteiger partial charge in [0.05, 0.1) is 5.69 Å². The SMILES string of the molecule is CC(C)CCc1ccc(N2CCN(S(=O)(=O)C3(C(=O)NO)CCOCC3)CC2)c(F)c1. The molecule has 0 aliphatic carbocycles. The standard InChI is InChI=1S/C21H32FN3O5S/c1-16(2)3-4-17-5-6-19(18(22)15-17)24-9-11-25(12-10-24)31(28,29)21(20(26)23-27)7-13-30-14-8-21/h5-6,15-16,27H,3-4,7-14H2,1-2H3,(H,23,26). The molecular weight excluding hydrogens is 425 g/mol. The number of anilines is 1. The number of ether oxygens (including phenoxy) is 1. The van der Waals surface area contributed by atoms with Gasteiger partial charge in [0.25, 0.3) is 5.91 Å². The Balaban J connectivity index is 1.70. The monoisotopic (exact) mass is 457 g/mol. The second-order valence-corrected chi connectivity index (χ2v) is 10.9. The van der Waals surface area contributed by atoms with E-state index in [0.717, 1.165) is 18.4 Å². The van der Waals surface area contributed by atoms with E-state index in [1.165, 1.54) is 9.79 Å². The summed E-state index contributed by atoms with van der Waals surface area (Å²) in [5.74, 6) is -0.691. The van der Waals surface area contributed by atoms with Crippen molar-refractivity contribution in [2.45, 2.75) is 44.3 Å². The second kappa shape index (κ2) is 9.81. The number of rotatable bonds is 7. The number of benzene rings is 1. The van der Waals surface area contributed by atoms with Gasteiger partial charge in [0, 0.05) is 52.2 Å². The predicted octanol–water partition coefficient (Wildman–Crippen LogP) is 1.92. The molecule has 2 saturated heterocycles. The van der Waals surface area contributed by atoms with E-state index in [4.69, 9.17) is 9.94 Å². The first-order chi connectivity index (χ1) is 14.7. The quantitative estimate of drug-likeness (QED) is 0.480. The molecule has 174 valence electrons. The van der Waals surface area contributed by atoms with E-state index < -0.39 is 20.7 Å². The van der Waals surface area contributed by atoms with E-state index >= 15 is 0 Å². The largest absolute Gasteiger partial charge is 0.381 e. The Labute approximate surface area is 183 Å². The number of aryl methyl sites for hydroxylation is 1. The summed E-state index contributed by atoms with van der Waals surface area (Å²) in [4.78, 5) is 14.2. The Kier molecular flexibility index (Phi) is 7.56. The highest BCUT2D eigenvalue weighted by molar-refractivity contribution is 7.91. The van der Waals surface area contributed by atoms with E-state index in [1.807, 2.05) is 11.0 Å². The minimum atomic E-state index is -4.04. The molecule has 0 spiro atoms. The molecule has 2 heterocycles. The number of carbonyl (C=O) groups excluding carboxylic acids is 1. The lowest BCUT2D eigenvalue weighted by Crippen LogP contribution is -2.62. The lowest BCUT2D eigenvalue weighted by Gasteiger charge is -2.42. The molecule has 10 heteroatoms. The minimum absolute atomic E-state index is 0.0194. The molecule has 2 aliphatic heterocycles. The van der Waals surface area contributed by atoms with Crippen LogP contribution in [0.3, 0.4) is 0 Å². The van der Waals surface area contributed by atoms with Crippen LogP contribution < -0.4 is 10.4 Å². The molecule has 0 unspecified atom stereocenters. The zero-order chi connectivity index (χ0) is 22.6. The van der Waals surface area contributed by atoms with Crippen molar-refractivity contribution < 1.29 is 27.5 Å². The molecular formula is C21H32FN3O5S. The third-order valence-corrected chi connectivity index (χ3v) is 8.88. The first-order valence-corrected chi connectivity index (χ1v) is 12.2. The van der Waals surface area contributed by atoms with Crippen LogP contribution in [0.25, 0.3) is 0 Å².